The molecule has 3 nitrogen and oxygen atoms in total. The van der Waals surface area contributed by atoms with Gasteiger partial charge < -0.3 is 10.1 Å². The molecule has 0 bridgehead atoms. The molecule has 0 radical (unpaired) electrons. The molecule has 1 saturated carbocycles. The van der Waals surface area contributed by atoms with Crippen LogP contribution in [0.15, 0.2) is 24.5 Å². The summed E-state index contributed by atoms with van der Waals surface area (Å²) in [6.07, 6.45) is 12.0. The summed E-state index contributed by atoms with van der Waals surface area (Å²) in [4.78, 5) is 4.24. The number of nitrogens with zero attached hydrogens (tertiary/aromatic N) is 1. The minimum atomic E-state index is 0.668. The first-order valence-corrected chi connectivity index (χ1v) is 6.87. The number of nitrogens with one attached hydrogen (secondary N) is 1. The molecule has 18 heavy (non-hydrogen) atoms. The number of hydrogen-bond acceptors (Lipinski definition) is 3. The highest BCUT2D eigenvalue weighted by Gasteiger charge is 2.21. The Morgan fingerprint density at radius 2 is 2.28 bits per heavy atom. The molecule has 1 aliphatic heterocycles. The molecule has 2 aliphatic rings. The molecule has 1 aliphatic carbocycles. The van der Waals surface area contributed by atoms with Crippen molar-refractivity contribution in [3.05, 3.63) is 30.1 Å². The topological polar surface area (TPSA) is 34.2 Å². The van der Waals surface area contributed by atoms with Crippen LogP contribution in [-0.2, 0) is 0 Å². The summed E-state index contributed by atoms with van der Waals surface area (Å²) in [7, 11) is 0. The summed E-state index contributed by atoms with van der Waals surface area (Å²) in [5.74, 6) is 2.35. The Bertz CT molecular complexity index is 420. The number of ether oxygens (including phenoxy) is 1. The zero-order valence-electron chi connectivity index (χ0n) is 10.6. The summed E-state index contributed by atoms with van der Waals surface area (Å²) in [5.41, 5.74) is 1.13. The largest absolute Gasteiger partial charge is 0.492 e. The van der Waals surface area contributed by atoms with Crippen LogP contribution in [0.2, 0.25) is 0 Å². The molecule has 0 spiro atoms. The number of pyridine rings is 1. The van der Waals surface area contributed by atoms with Gasteiger partial charge in [-0.05, 0) is 49.3 Å². The molecule has 1 N–H and O–H groups in total. The van der Waals surface area contributed by atoms with E-state index >= 15 is 0 Å². The van der Waals surface area contributed by atoms with Gasteiger partial charge in [0.05, 0.1) is 12.8 Å². The summed E-state index contributed by atoms with van der Waals surface area (Å²) in [6, 6.07) is 2.08. The fourth-order valence-corrected chi connectivity index (χ4v) is 2.19. The van der Waals surface area contributed by atoms with E-state index in [1.807, 2.05) is 6.20 Å². The molecule has 0 amide bonds. The Balaban J connectivity index is 1.58. The predicted octanol–water partition coefficient (Wildman–Crippen LogP) is 2.49. The van der Waals surface area contributed by atoms with Crippen molar-refractivity contribution in [2.75, 3.05) is 19.7 Å². The van der Waals surface area contributed by atoms with Crippen LogP contribution in [0.4, 0.5) is 0 Å². The second kappa shape index (κ2) is 5.53. The Morgan fingerprint density at radius 1 is 1.33 bits per heavy atom. The molecular formula is C15H20N2O. The van der Waals surface area contributed by atoms with Crippen molar-refractivity contribution in [2.45, 2.75) is 19.3 Å². The van der Waals surface area contributed by atoms with Crippen LogP contribution in [0.1, 0.15) is 24.8 Å². The maximum atomic E-state index is 5.73. The van der Waals surface area contributed by atoms with Crippen LogP contribution < -0.4 is 10.1 Å². The lowest BCUT2D eigenvalue weighted by atomic mass is 10.1. The van der Waals surface area contributed by atoms with E-state index in [1.54, 1.807) is 6.20 Å². The maximum Gasteiger partial charge on any atom is 0.138 e. The summed E-state index contributed by atoms with van der Waals surface area (Å²) in [5, 5.41) is 3.37. The van der Waals surface area contributed by atoms with Gasteiger partial charge in [0, 0.05) is 12.7 Å². The van der Waals surface area contributed by atoms with Crippen LogP contribution in [0.5, 0.6) is 5.75 Å². The van der Waals surface area contributed by atoms with Crippen LogP contribution in [-0.4, -0.2) is 24.7 Å². The van der Waals surface area contributed by atoms with Crippen molar-refractivity contribution in [2.24, 2.45) is 11.8 Å². The average molecular weight is 244 g/mol. The first-order chi connectivity index (χ1) is 8.90. The standard InChI is InChI=1S/C15H20N2O/c1(12-5-6-16-8-12)4-14-7-15(10-17-9-14)18-11-13-2-3-13/h1,4,7,9-10,12-13,16H,2-3,5-6,8,11H2/b4-1+. The van der Waals surface area contributed by atoms with Crippen molar-refractivity contribution >= 4 is 6.08 Å². The molecule has 1 unspecified atom stereocenters. The molecule has 3 heteroatoms. The highest BCUT2D eigenvalue weighted by atomic mass is 16.5. The van der Waals surface area contributed by atoms with Crippen LogP contribution >= 0.6 is 0 Å². The number of aromatic nitrogens is 1. The van der Waals surface area contributed by atoms with E-state index in [4.69, 9.17) is 4.74 Å². The van der Waals surface area contributed by atoms with Crippen molar-refractivity contribution in [3.8, 4) is 5.75 Å². The van der Waals surface area contributed by atoms with Gasteiger partial charge in [0.2, 0.25) is 0 Å². The quantitative estimate of drug-likeness (QED) is 0.864. The molecule has 2 heterocycles. The van der Waals surface area contributed by atoms with Gasteiger partial charge in [-0.1, -0.05) is 12.2 Å². The number of rotatable bonds is 5. The Labute approximate surface area is 108 Å². The second-order valence-corrected chi connectivity index (χ2v) is 5.32. The van der Waals surface area contributed by atoms with Crippen molar-refractivity contribution in [1.82, 2.24) is 10.3 Å². The average Bonchev–Trinajstić information content (AvgIpc) is 3.09. The Morgan fingerprint density at radius 3 is 3.06 bits per heavy atom. The molecule has 3 rings (SSSR count). The predicted molar refractivity (Wildman–Crippen MR) is 72.5 cm³/mol. The van der Waals surface area contributed by atoms with E-state index in [-0.39, 0.29) is 0 Å². The van der Waals surface area contributed by atoms with Gasteiger partial charge in [-0.25, -0.2) is 0 Å². The van der Waals surface area contributed by atoms with Gasteiger partial charge in [0.25, 0.3) is 0 Å². The highest BCUT2D eigenvalue weighted by Crippen LogP contribution is 2.29. The summed E-state index contributed by atoms with van der Waals surface area (Å²) in [6.45, 7) is 3.08. The molecule has 0 aromatic carbocycles. The van der Waals surface area contributed by atoms with Gasteiger partial charge in [-0.3, -0.25) is 4.98 Å². The van der Waals surface area contributed by atoms with Gasteiger partial charge in [-0.2, -0.15) is 0 Å². The third-order valence-electron chi connectivity index (χ3n) is 3.58. The van der Waals surface area contributed by atoms with E-state index in [0.717, 1.165) is 36.9 Å². The van der Waals surface area contributed by atoms with E-state index in [9.17, 15) is 0 Å². The number of hydrogen-bond donors (Lipinski definition) is 1. The molecule has 1 aromatic heterocycles. The van der Waals surface area contributed by atoms with Gasteiger partial charge in [0.15, 0.2) is 0 Å². The monoisotopic (exact) mass is 244 g/mol. The smallest absolute Gasteiger partial charge is 0.138 e. The van der Waals surface area contributed by atoms with E-state index in [1.165, 1.54) is 19.3 Å². The first-order valence-electron chi connectivity index (χ1n) is 6.87. The second-order valence-electron chi connectivity index (χ2n) is 5.32. The SMILES string of the molecule is C(=C\C1CCNC1)/c1cncc(OCC2CC2)c1. The molecule has 1 saturated heterocycles. The third-order valence-corrected chi connectivity index (χ3v) is 3.58. The van der Waals surface area contributed by atoms with E-state index < -0.39 is 0 Å². The van der Waals surface area contributed by atoms with Crippen molar-refractivity contribution in [1.29, 1.82) is 0 Å². The van der Waals surface area contributed by atoms with Gasteiger partial charge >= 0.3 is 0 Å². The van der Waals surface area contributed by atoms with Gasteiger partial charge in [0.1, 0.15) is 5.75 Å². The summed E-state index contributed by atoms with van der Waals surface area (Å²) >= 11 is 0. The lowest BCUT2D eigenvalue weighted by Crippen LogP contribution is -2.07. The molecule has 96 valence electrons. The summed E-state index contributed by atoms with van der Waals surface area (Å²) < 4.78 is 5.73. The fourth-order valence-electron chi connectivity index (χ4n) is 2.19. The van der Waals surface area contributed by atoms with Crippen LogP contribution in [0.25, 0.3) is 6.08 Å². The zero-order chi connectivity index (χ0) is 12.2. The van der Waals surface area contributed by atoms with Crippen LogP contribution in [0, 0.1) is 11.8 Å². The molecular weight excluding hydrogens is 224 g/mol. The fraction of sp³-hybridized carbons (Fsp3) is 0.533. The van der Waals surface area contributed by atoms with Crippen molar-refractivity contribution in [3.63, 3.8) is 0 Å². The molecule has 1 aromatic rings. The van der Waals surface area contributed by atoms with E-state index in [0.29, 0.717) is 5.92 Å². The normalized spacial score (nSPS) is 23.7. The lowest BCUT2D eigenvalue weighted by molar-refractivity contribution is 0.298. The van der Waals surface area contributed by atoms with E-state index in [2.05, 4.69) is 28.5 Å². The lowest BCUT2D eigenvalue weighted by Gasteiger charge is -2.05. The Kier molecular flexibility index (Phi) is 3.60. The Hall–Kier alpha value is -1.35. The third kappa shape index (κ3) is 3.33. The van der Waals surface area contributed by atoms with Crippen molar-refractivity contribution < 1.29 is 4.74 Å². The molecule has 1 atom stereocenters. The molecule has 2 fully saturated rings. The highest BCUT2D eigenvalue weighted by molar-refractivity contribution is 5.50. The van der Waals surface area contributed by atoms with Gasteiger partial charge in [-0.15, -0.1) is 0 Å². The van der Waals surface area contributed by atoms with Crippen LogP contribution in [0.3, 0.4) is 0 Å². The maximum absolute atomic E-state index is 5.73. The zero-order valence-corrected chi connectivity index (χ0v) is 10.6. The first kappa shape index (κ1) is 11.7. The minimum Gasteiger partial charge on any atom is -0.492 e. The minimum absolute atomic E-state index is 0.668.